The maximum absolute atomic E-state index is 13.1. The van der Waals surface area contributed by atoms with Gasteiger partial charge in [-0.3, -0.25) is 9.78 Å². The number of likely N-dealkylation sites (N-methyl/N-ethyl adjacent to an activating group) is 1. The van der Waals surface area contributed by atoms with Gasteiger partial charge >= 0.3 is 0 Å². The zero-order chi connectivity index (χ0) is 29.5. The van der Waals surface area contributed by atoms with Crippen molar-refractivity contribution in [1.82, 2.24) is 14.9 Å². The summed E-state index contributed by atoms with van der Waals surface area (Å²) in [5, 5.41) is 5.93. The number of carbonyl (C=O) groups is 1. The van der Waals surface area contributed by atoms with E-state index in [4.69, 9.17) is 10.5 Å². The SMILES string of the molecule is COc1cc(N2CCN(C)CC2)ccc1NC(N)=Nc1cnc(-c2ccc(NC(=O)Cc3ccc(F)cc3)cc2)cn1. The van der Waals surface area contributed by atoms with Crippen LogP contribution in [0.4, 0.5) is 27.3 Å². The number of rotatable bonds is 8. The Bertz CT molecular complexity index is 1540. The third-order valence-electron chi connectivity index (χ3n) is 6.93. The summed E-state index contributed by atoms with van der Waals surface area (Å²) in [6.07, 6.45) is 3.30. The lowest BCUT2D eigenvalue weighted by atomic mass is 10.1. The van der Waals surface area contributed by atoms with E-state index >= 15 is 0 Å². The molecule has 1 fully saturated rings. The summed E-state index contributed by atoms with van der Waals surface area (Å²) in [6.45, 7) is 3.96. The molecule has 4 aromatic rings. The van der Waals surface area contributed by atoms with Gasteiger partial charge in [0.1, 0.15) is 11.6 Å². The Morgan fingerprint density at radius 3 is 2.38 bits per heavy atom. The van der Waals surface area contributed by atoms with Crippen LogP contribution in [-0.4, -0.2) is 67.1 Å². The molecular formula is C31H33FN8O2. The fourth-order valence-electron chi connectivity index (χ4n) is 4.58. The average molecular weight is 569 g/mol. The number of aliphatic imine (C=N–C) groups is 1. The zero-order valence-corrected chi connectivity index (χ0v) is 23.5. The molecule has 0 atom stereocenters. The average Bonchev–Trinajstić information content (AvgIpc) is 3.00. The number of piperazine rings is 1. The van der Waals surface area contributed by atoms with Crippen LogP contribution in [0.2, 0.25) is 0 Å². The van der Waals surface area contributed by atoms with E-state index in [2.05, 4.69) is 42.4 Å². The molecule has 1 saturated heterocycles. The van der Waals surface area contributed by atoms with Gasteiger partial charge in [0.25, 0.3) is 0 Å². The monoisotopic (exact) mass is 568 g/mol. The number of methoxy groups -OCH3 is 1. The summed E-state index contributed by atoms with van der Waals surface area (Å²) in [7, 11) is 3.76. The van der Waals surface area contributed by atoms with Crippen LogP contribution in [0.3, 0.4) is 0 Å². The minimum atomic E-state index is -0.332. The van der Waals surface area contributed by atoms with E-state index in [9.17, 15) is 9.18 Å². The third kappa shape index (κ3) is 7.38. The van der Waals surface area contributed by atoms with Crippen LogP contribution in [0.25, 0.3) is 11.3 Å². The van der Waals surface area contributed by atoms with E-state index < -0.39 is 0 Å². The maximum atomic E-state index is 13.1. The number of halogens is 1. The van der Waals surface area contributed by atoms with Gasteiger partial charge in [0.15, 0.2) is 11.8 Å². The molecule has 1 aromatic heterocycles. The molecule has 10 nitrogen and oxygen atoms in total. The van der Waals surface area contributed by atoms with Crippen molar-refractivity contribution in [3.05, 3.63) is 90.5 Å². The maximum Gasteiger partial charge on any atom is 0.228 e. The Morgan fingerprint density at radius 2 is 1.71 bits per heavy atom. The number of nitrogens with one attached hydrogen (secondary N) is 2. The Morgan fingerprint density at radius 1 is 0.976 bits per heavy atom. The number of guanidine groups is 1. The highest BCUT2D eigenvalue weighted by Crippen LogP contribution is 2.30. The Hall–Kier alpha value is -5.03. The predicted molar refractivity (Wildman–Crippen MR) is 164 cm³/mol. The van der Waals surface area contributed by atoms with E-state index in [0.29, 0.717) is 28.6 Å². The van der Waals surface area contributed by atoms with Crippen molar-refractivity contribution in [1.29, 1.82) is 0 Å². The van der Waals surface area contributed by atoms with Crippen molar-refractivity contribution in [3.8, 4) is 17.0 Å². The van der Waals surface area contributed by atoms with Gasteiger partial charge in [-0.05, 0) is 49.0 Å². The highest BCUT2D eigenvalue weighted by Gasteiger charge is 2.16. The standard InChI is InChI=1S/C31H33FN8O2/c1-39-13-15-40(16-14-39)25-11-12-26(28(18-25)42-2)37-31(33)38-29-20-34-27(19-35-29)22-5-9-24(10-6-22)36-30(41)17-21-3-7-23(32)8-4-21/h3-12,18-20H,13-17H2,1-2H3,(H,36,41)(H3,33,35,37,38). The number of anilines is 3. The molecule has 0 radical (unpaired) electrons. The number of amides is 1. The van der Waals surface area contributed by atoms with E-state index in [1.165, 1.54) is 18.3 Å². The van der Waals surface area contributed by atoms with Crippen molar-refractivity contribution >= 4 is 34.7 Å². The Balaban J connectivity index is 1.18. The van der Waals surface area contributed by atoms with Crippen molar-refractivity contribution < 1.29 is 13.9 Å². The lowest BCUT2D eigenvalue weighted by Gasteiger charge is -2.34. The molecule has 0 bridgehead atoms. The topological polar surface area (TPSA) is 121 Å². The van der Waals surface area contributed by atoms with Crippen LogP contribution in [0, 0.1) is 5.82 Å². The van der Waals surface area contributed by atoms with Gasteiger partial charge in [-0.1, -0.05) is 24.3 Å². The summed E-state index contributed by atoms with van der Waals surface area (Å²) in [6, 6.07) is 19.1. The fraction of sp³-hybridized carbons (Fsp3) is 0.226. The van der Waals surface area contributed by atoms with Gasteiger partial charge in [-0.15, -0.1) is 0 Å². The van der Waals surface area contributed by atoms with Crippen LogP contribution >= 0.6 is 0 Å². The van der Waals surface area contributed by atoms with Crippen LogP contribution in [0.15, 0.2) is 84.1 Å². The first-order valence-electron chi connectivity index (χ1n) is 13.6. The molecule has 3 aromatic carbocycles. The predicted octanol–water partition coefficient (Wildman–Crippen LogP) is 4.28. The molecule has 2 heterocycles. The van der Waals surface area contributed by atoms with Crippen molar-refractivity contribution in [2.75, 3.05) is 55.9 Å². The number of hydrogen-bond acceptors (Lipinski definition) is 7. The second-order valence-electron chi connectivity index (χ2n) is 9.99. The summed E-state index contributed by atoms with van der Waals surface area (Å²) in [5.74, 6) is 0.651. The second-order valence-corrected chi connectivity index (χ2v) is 9.99. The van der Waals surface area contributed by atoms with Crippen molar-refractivity contribution in [2.45, 2.75) is 6.42 Å². The summed E-state index contributed by atoms with van der Waals surface area (Å²) >= 11 is 0. The fourth-order valence-corrected chi connectivity index (χ4v) is 4.58. The molecule has 1 aliphatic heterocycles. The highest BCUT2D eigenvalue weighted by molar-refractivity contribution is 5.95. The van der Waals surface area contributed by atoms with E-state index in [-0.39, 0.29) is 24.1 Å². The molecule has 0 unspecified atom stereocenters. The molecule has 4 N–H and O–H groups in total. The summed E-state index contributed by atoms with van der Waals surface area (Å²) in [5.41, 5.74) is 10.8. The first-order valence-corrected chi connectivity index (χ1v) is 13.6. The number of benzene rings is 3. The first-order chi connectivity index (χ1) is 20.4. The third-order valence-corrected chi connectivity index (χ3v) is 6.93. The van der Waals surface area contributed by atoms with Gasteiger partial charge in [0.05, 0.1) is 37.3 Å². The van der Waals surface area contributed by atoms with E-state index in [0.717, 1.165) is 43.0 Å². The first kappa shape index (κ1) is 28.5. The van der Waals surface area contributed by atoms with Crippen LogP contribution in [0.1, 0.15) is 5.56 Å². The van der Waals surface area contributed by atoms with Gasteiger partial charge in [-0.25, -0.2) is 9.37 Å². The van der Waals surface area contributed by atoms with E-state index in [1.807, 2.05) is 30.3 Å². The smallest absolute Gasteiger partial charge is 0.228 e. The lowest BCUT2D eigenvalue weighted by Crippen LogP contribution is -2.44. The van der Waals surface area contributed by atoms with Crippen molar-refractivity contribution in [2.24, 2.45) is 10.7 Å². The molecule has 0 saturated carbocycles. The molecule has 42 heavy (non-hydrogen) atoms. The summed E-state index contributed by atoms with van der Waals surface area (Å²) < 4.78 is 18.7. The number of carbonyl (C=O) groups excluding carboxylic acids is 1. The number of ether oxygens (including phenoxy) is 1. The number of nitrogens with zero attached hydrogens (tertiary/aromatic N) is 5. The minimum absolute atomic E-state index is 0.155. The van der Waals surface area contributed by atoms with Crippen molar-refractivity contribution in [3.63, 3.8) is 0 Å². The number of hydrogen-bond donors (Lipinski definition) is 3. The van der Waals surface area contributed by atoms with Gasteiger partial charge < -0.3 is 30.9 Å². The van der Waals surface area contributed by atoms with E-state index in [1.54, 1.807) is 37.6 Å². The number of nitrogens with two attached hydrogens (primary N) is 1. The Kier molecular flexibility index (Phi) is 8.88. The van der Waals surface area contributed by atoms with Gasteiger partial charge in [-0.2, -0.15) is 4.99 Å². The quantitative estimate of drug-likeness (QED) is 0.213. The number of aromatic nitrogens is 2. The molecule has 0 aliphatic carbocycles. The van der Waals surface area contributed by atoms with Gasteiger partial charge in [0, 0.05) is 49.2 Å². The molecule has 1 amide bonds. The lowest BCUT2D eigenvalue weighted by molar-refractivity contribution is -0.115. The molecular weight excluding hydrogens is 535 g/mol. The van der Waals surface area contributed by atoms with Crippen LogP contribution < -0.4 is 26.0 Å². The molecule has 5 rings (SSSR count). The molecule has 1 aliphatic rings. The van der Waals surface area contributed by atoms with Crippen LogP contribution in [0.5, 0.6) is 5.75 Å². The second kappa shape index (κ2) is 13.1. The normalized spacial score (nSPS) is 14.0. The van der Waals surface area contributed by atoms with Gasteiger partial charge in [0.2, 0.25) is 5.91 Å². The molecule has 0 spiro atoms. The van der Waals surface area contributed by atoms with Crippen LogP contribution in [-0.2, 0) is 11.2 Å². The largest absolute Gasteiger partial charge is 0.494 e. The molecule has 216 valence electrons. The minimum Gasteiger partial charge on any atom is -0.494 e. The summed E-state index contributed by atoms with van der Waals surface area (Å²) in [4.78, 5) is 30.1. The Labute approximate surface area is 244 Å². The highest BCUT2D eigenvalue weighted by atomic mass is 19.1. The molecule has 11 heteroatoms. The zero-order valence-electron chi connectivity index (χ0n) is 23.5.